The summed E-state index contributed by atoms with van der Waals surface area (Å²) < 4.78 is 27.7. The molecule has 2 aromatic rings. The molecule has 0 bridgehead atoms. The fourth-order valence-corrected chi connectivity index (χ4v) is 3.89. The molecule has 0 aliphatic heterocycles. The van der Waals surface area contributed by atoms with E-state index in [1.165, 1.54) is 5.56 Å². The first kappa shape index (κ1) is 16.0. The van der Waals surface area contributed by atoms with Crippen molar-refractivity contribution in [3.8, 4) is 0 Å². The molecule has 0 aromatic heterocycles. The standard InChI is InChI=1S/C19H21NO2S/c1-14-3-7-16(8-4-14)13-17-9-12-19(17)20-23(21,22)18-10-5-15(2)6-11-18/h3-8,10-11,13,19-20H,9,12H2,1-2H3/b17-13+. The van der Waals surface area contributed by atoms with Crippen LogP contribution in [0.5, 0.6) is 0 Å². The Morgan fingerprint density at radius 1 is 0.957 bits per heavy atom. The summed E-state index contributed by atoms with van der Waals surface area (Å²) in [6.45, 7) is 4.00. The fraction of sp³-hybridized carbons (Fsp3) is 0.263. The van der Waals surface area contributed by atoms with E-state index in [1.54, 1.807) is 12.1 Å². The maximum Gasteiger partial charge on any atom is 0.241 e. The van der Waals surface area contributed by atoms with E-state index in [9.17, 15) is 8.42 Å². The van der Waals surface area contributed by atoms with Gasteiger partial charge in [-0.2, -0.15) is 0 Å². The van der Waals surface area contributed by atoms with E-state index >= 15 is 0 Å². The third kappa shape index (κ3) is 3.71. The van der Waals surface area contributed by atoms with Crippen molar-refractivity contribution in [1.82, 2.24) is 4.72 Å². The molecular weight excluding hydrogens is 306 g/mol. The number of sulfonamides is 1. The lowest BCUT2D eigenvalue weighted by molar-refractivity contribution is 0.499. The third-order valence-electron chi connectivity index (χ3n) is 4.23. The monoisotopic (exact) mass is 327 g/mol. The van der Waals surface area contributed by atoms with Gasteiger partial charge in [-0.05, 0) is 44.4 Å². The zero-order valence-electron chi connectivity index (χ0n) is 13.4. The third-order valence-corrected chi connectivity index (χ3v) is 5.71. The zero-order valence-corrected chi connectivity index (χ0v) is 14.2. The van der Waals surface area contributed by atoms with Gasteiger partial charge >= 0.3 is 0 Å². The molecule has 23 heavy (non-hydrogen) atoms. The summed E-state index contributed by atoms with van der Waals surface area (Å²) >= 11 is 0. The molecule has 1 N–H and O–H groups in total. The molecule has 0 saturated heterocycles. The minimum atomic E-state index is -3.46. The number of hydrogen-bond acceptors (Lipinski definition) is 2. The molecule has 1 saturated carbocycles. The van der Waals surface area contributed by atoms with Crippen LogP contribution < -0.4 is 4.72 Å². The fourth-order valence-electron chi connectivity index (χ4n) is 2.61. The molecule has 0 radical (unpaired) electrons. The van der Waals surface area contributed by atoms with Crippen LogP contribution in [0.15, 0.2) is 59.0 Å². The molecule has 1 unspecified atom stereocenters. The lowest BCUT2D eigenvalue weighted by Gasteiger charge is -2.30. The molecule has 2 aromatic carbocycles. The van der Waals surface area contributed by atoms with Crippen LogP contribution in [0.25, 0.3) is 6.08 Å². The molecule has 1 aliphatic carbocycles. The average Bonchev–Trinajstić information content (AvgIpc) is 2.51. The van der Waals surface area contributed by atoms with Crippen LogP contribution in [0, 0.1) is 13.8 Å². The molecule has 3 rings (SSSR count). The summed E-state index contributed by atoms with van der Waals surface area (Å²) in [5, 5.41) is 0. The summed E-state index contributed by atoms with van der Waals surface area (Å²) in [6, 6.07) is 15.1. The Bertz CT molecular complexity index is 819. The van der Waals surface area contributed by atoms with Crippen LogP contribution in [0.4, 0.5) is 0 Å². The van der Waals surface area contributed by atoms with Crippen LogP contribution in [0.2, 0.25) is 0 Å². The Kier molecular flexibility index (Phi) is 4.37. The van der Waals surface area contributed by atoms with Crippen molar-refractivity contribution in [2.45, 2.75) is 37.6 Å². The molecule has 3 nitrogen and oxygen atoms in total. The van der Waals surface area contributed by atoms with E-state index in [0.717, 1.165) is 29.5 Å². The highest BCUT2D eigenvalue weighted by molar-refractivity contribution is 7.89. The Morgan fingerprint density at radius 2 is 1.52 bits per heavy atom. The molecule has 1 atom stereocenters. The Morgan fingerprint density at radius 3 is 2.04 bits per heavy atom. The van der Waals surface area contributed by atoms with Crippen LogP contribution in [0.1, 0.15) is 29.5 Å². The van der Waals surface area contributed by atoms with E-state index in [4.69, 9.17) is 0 Å². The summed E-state index contributed by atoms with van der Waals surface area (Å²) in [5.74, 6) is 0. The van der Waals surface area contributed by atoms with E-state index in [0.29, 0.717) is 4.90 Å². The smallest absolute Gasteiger partial charge is 0.207 e. The number of rotatable bonds is 4. The minimum Gasteiger partial charge on any atom is -0.207 e. The topological polar surface area (TPSA) is 46.2 Å². The van der Waals surface area contributed by atoms with Crippen LogP contribution in [-0.4, -0.2) is 14.5 Å². The van der Waals surface area contributed by atoms with Gasteiger partial charge in [0, 0.05) is 6.04 Å². The molecule has 0 amide bonds. The van der Waals surface area contributed by atoms with E-state index in [1.807, 2.05) is 19.1 Å². The van der Waals surface area contributed by atoms with Crippen molar-refractivity contribution < 1.29 is 8.42 Å². The first-order valence-electron chi connectivity index (χ1n) is 7.80. The highest BCUT2D eigenvalue weighted by Gasteiger charge is 2.29. The SMILES string of the molecule is Cc1ccc(/C=C2\CCC2NS(=O)(=O)c2ccc(C)cc2)cc1. The van der Waals surface area contributed by atoms with Gasteiger partial charge in [0.2, 0.25) is 10.0 Å². The van der Waals surface area contributed by atoms with Gasteiger partial charge in [-0.25, -0.2) is 13.1 Å². The summed E-state index contributed by atoms with van der Waals surface area (Å²) in [7, 11) is -3.46. The van der Waals surface area contributed by atoms with Crippen molar-refractivity contribution in [3.63, 3.8) is 0 Å². The van der Waals surface area contributed by atoms with Gasteiger partial charge in [0.25, 0.3) is 0 Å². The Balaban J connectivity index is 1.75. The van der Waals surface area contributed by atoms with E-state index < -0.39 is 10.0 Å². The molecule has 0 heterocycles. The molecule has 120 valence electrons. The molecule has 1 aliphatic rings. The van der Waals surface area contributed by atoms with Gasteiger partial charge in [-0.15, -0.1) is 0 Å². The summed E-state index contributed by atoms with van der Waals surface area (Å²) in [5.41, 5.74) is 4.53. The maximum absolute atomic E-state index is 12.5. The largest absolute Gasteiger partial charge is 0.241 e. The van der Waals surface area contributed by atoms with Crippen molar-refractivity contribution in [3.05, 3.63) is 70.8 Å². The second-order valence-corrected chi connectivity index (χ2v) is 7.87. The number of nitrogens with one attached hydrogen (secondary N) is 1. The van der Waals surface area contributed by atoms with Gasteiger partial charge in [0.15, 0.2) is 0 Å². The molecule has 1 fully saturated rings. The molecular formula is C19H21NO2S. The second kappa shape index (κ2) is 6.30. The first-order chi connectivity index (χ1) is 10.9. The lowest BCUT2D eigenvalue weighted by Crippen LogP contribution is -2.41. The minimum absolute atomic E-state index is 0.0948. The predicted octanol–water partition coefficient (Wildman–Crippen LogP) is 3.83. The normalized spacial score (nSPS) is 19.6. The van der Waals surface area contributed by atoms with Crippen LogP contribution in [0.3, 0.4) is 0 Å². The average molecular weight is 327 g/mol. The van der Waals surface area contributed by atoms with Crippen molar-refractivity contribution >= 4 is 16.1 Å². The highest BCUT2D eigenvalue weighted by Crippen LogP contribution is 2.30. The zero-order chi connectivity index (χ0) is 16.4. The maximum atomic E-state index is 12.5. The van der Waals surface area contributed by atoms with E-state index in [-0.39, 0.29) is 6.04 Å². The molecule has 4 heteroatoms. The number of aryl methyl sites for hydroxylation is 2. The van der Waals surface area contributed by atoms with E-state index in [2.05, 4.69) is 42.0 Å². The van der Waals surface area contributed by atoms with Gasteiger partial charge < -0.3 is 0 Å². The summed E-state index contributed by atoms with van der Waals surface area (Å²) in [6.07, 6.45) is 3.88. The Labute approximate surface area is 138 Å². The molecule has 0 spiro atoms. The lowest BCUT2D eigenvalue weighted by atomic mass is 9.85. The van der Waals surface area contributed by atoms with Crippen molar-refractivity contribution in [2.24, 2.45) is 0 Å². The van der Waals surface area contributed by atoms with Crippen LogP contribution >= 0.6 is 0 Å². The van der Waals surface area contributed by atoms with Crippen molar-refractivity contribution in [1.29, 1.82) is 0 Å². The highest BCUT2D eigenvalue weighted by atomic mass is 32.2. The first-order valence-corrected chi connectivity index (χ1v) is 9.28. The quantitative estimate of drug-likeness (QED) is 0.928. The number of benzene rings is 2. The van der Waals surface area contributed by atoms with Gasteiger partial charge in [0.05, 0.1) is 4.90 Å². The Hall–Kier alpha value is -1.91. The number of hydrogen-bond donors (Lipinski definition) is 1. The van der Waals surface area contributed by atoms with Gasteiger partial charge in [0.1, 0.15) is 0 Å². The summed E-state index contributed by atoms with van der Waals surface area (Å²) in [4.78, 5) is 0.324. The second-order valence-electron chi connectivity index (χ2n) is 6.16. The van der Waals surface area contributed by atoms with Crippen LogP contribution in [-0.2, 0) is 10.0 Å². The van der Waals surface area contributed by atoms with Gasteiger partial charge in [-0.3, -0.25) is 0 Å². The van der Waals surface area contributed by atoms with Gasteiger partial charge in [-0.1, -0.05) is 59.2 Å². The predicted molar refractivity (Wildman–Crippen MR) is 93.7 cm³/mol. The van der Waals surface area contributed by atoms with Crippen molar-refractivity contribution in [2.75, 3.05) is 0 Å².